The molecular weight excluding hydrogens is 418 g/mol. The van der Waals surface area contributed by atoms with Crippen molar-refractivity contribution >= 4 is 11.8 Å². The van der Waals surface area contributed by atoms with Crippen LogP contribution in [0.15, 0.2) is 65.7 Å². The molecule has 0 aliphatic carbocycles. The van der Waals surface area contributed by atoms with Crippen molar-refractivity contribution in [3.8, 4) is 11.1 Å². The van der Waals surface area contributed by atoms with Crippen LogP contribution in [-0.2, 0) is 11.2 Å². The molecule has 1 aromatic carbocycles. The van der Waals surface area contributed by atoms with Gasteiger partial charge in [0.15, 0.2) is 0 Å². The minimum Gasteiger partial charge on any atom is -0.356 e. The zero-order valence-electron chi connectivity index (χ0n) is 18.6. The highest BCUT2D eigenvalue weighted by Crippen LogP contribution is 2.37. The van der Waals surface area contributed by atoms with Gasteiger partial charge < -0.3 is 10.2 Å². The summed E-state index contributed by atoms with van der Waals surface area (Å²) >= 11 is 0. The summed E-state index contributed by atoms with van der Waals surface area (Å²) in [5.74, 6) is -0.349. The molecule has 0 radical (unpaired) electrons. The first kappa shape index (κ1) is 22.4. The van der Waals surface area contributed by atoms with Gasteiger partial charge in [-0.2, -0.15) is 5.10 Å². The minimum absolute atomic E-state index is 0.0575. The van der Waals surface area contributed by atoms with Gasteiger partial charge in [-0.1, -0.05) is 30.3 Å². The number of piperidine rings is 1. The lowest BCUT2D eigenvalue weighted by Gasteiger charge is -2.42. The van der Waals surface area contributed by atoms with Crippen molar-refractivity contribution in [2.45, 2.75) is 26.2 Å². The standard InChI is InChI=1S/C25H27N5O3/c1-2-27-24(33)25(15-18-7-3-4-9-20(18)19-8-5-13-26-16-19)12-6-14-30(17-25)23(32)21-10-11-22(31)29-28-21/h3-5,7-11,13,16H,2,6,12,14-15,17H2,1H3,(H,27,33)(H,29,31)/t25-/m1/s1. The van der Waals surface area contributed by atoms with E-state index >= 15 is 0 Å². The summed E-state index contributed by atoms with van der Waals surface area (Å²) in [7, 11) is 0. The van der Waals surface area contributed by atoms with E-state index in [0.29, 0.717) is 32.4 Å². The molecule has 8 heteroatoms. The summed E-state index contributed by atoms with van der Waals surface area (Å²) in [6.07, 6.45) is 5.41. The third-order valence-electron chi connectivity index (χ3n) is 6.10. The number of likely N-dealkylation sites (tertiary alicyclic amines) is 1. The molecule has 2 N–H and O–H groups in total. The molecule has 0 saturated carbocycles. The van der Waals surface area contributed by atoms with Crippen molar-refractivity contribution in [2.75, 3.05) is 19.6 Å². The van der Waals surface area contributed by atoms with Crippen molar-refractivity contribution in [1.82, 2.24) is 25.4 Å². The Balaban J connectivity index is 1.68. The van der Waals surface area contributed by atoms with Crippen molar-refractivity contribution in [3.05, 3.63) is 82.5 Å². The molecule has 170 valence electrons. The third-order valence-corrected chi connectivity index (χ3v) is 6.10. The molecule has 4 rings (SSSR count). The second kappa shape index (κ2) is 9.77. The molecule has 1 saturated heterocycles. The maximum absolute atomic E-state index is 13.4. The number of nitrogens with zero attached hydrogens (tertiary/aromatic N) is 3. The number of aromatic amines is 1. The fourth-order valence-corrected chi connectivity index (χ4v) is 4.53. The average molecular weight is 446 g/mol. The van der Waals surface area contributed by atoms with E-state index in [-0.39, 0.29) is 29.6 Å². The van der Waals surface area contributed by atoms with E-state index in [4.69, 9.17) is 0 Å². The number of hydrogen-bond donors (Lipinski definition) is 2. The Morgan fingerprint density at radius 2 is 2.00 bits per heavy atom. The monoisotopic (exact) mass is 445 g/mol. The molecule has 33 heavy (non-hydrogen) atoms. The van der Waals surface area contributed by atoms with Crippen LogP contribution in [0.1, 0.15) is 35.8 Å². The Kier molecular flexibility index (Phi) is 6.63. The molecule has 3 aromatic rings. The molecule has 1 fully saturated rings. The number of carbonyl (C=O) groups excluding carboxylic acids is 2. The van der Waals surface area contributed by atoms with Gasteiger partial charge in [-0.05, 0) is 49.4 Å². The highest BCUT2D eigenvalue weighted by Gasteiger charge is 2.44. The van der Waals surface area contributed by atoms with E-state index in [1.807, 2.05) is 49.5 Å². The molecule has 0 bridgehead atoms. The van der Waals surface area contributed by atoms with Crippen LogP contribution in [0.5, 0.6) is 0 Å². The Labute approximate surface area is 192 Å². The largest absolute Gasteiger partial charge is 0.356 e. The Morgan fingerprint density at radius 3 is 2.73 bits per heavy atom. The quantitative estimate of drug-likeness (QED) is 0.606. The van der Waals surface area contributed by atoms with Gasteiger partial charge >= 0.3 is 0 Å². The van der Waals surface area contributed by atoms with Crippen LogP contribution in [0.3, 0.4) is 0 Å². The second-order valence-corrected chi connectivity index (χ2v) is 8.35. The molecule has 8 nitrogen and oxygen atoms in total. The molecule has 2 amide bonds. The Hall–Kier alpha value is -3.81. The topological polar surface area (TPSA) is 108 Å². The predicted octanol–water partition coefficient (Wildman–Crippen LogP) is 2.43. The summed E-state index contributed by atoms with van der Waals surface area (Å²) in [5, 5.41) is 9.18. The van der Waals surface area contributed by atoms with Gasteiger partial charge in [0.05, 0.1) is 5.41 Å². The zero-order valence-corrected chi connectivity index (χ0v) is 18.6. The Bertz CT molecular complexity index is 1170. The predicted molar refractivity (Wildman–Crippen MR) is 124 cm³/mol. The van der Waals surface area contributed by atoms with Gasteiger partial charge in [0.2, 0.25) is 5.91 Å². The number of H-pyrrole nitrogens is 1. The van der Waals surface area contributed by atoms with Gasteiger partial charge in [0.25, 0.3) is 11.5 Å². The third kappa shape index (κ3) is 4.84. The van der Waals surface area contributed by atoms with Gasteiger partial charge in [-0.15, -0.1) is 0 Å². The SMILES string of the molecule is CCNC(=O)[C@@]1(Cc2ccccc2-c2cccnc2)CCCN(C(=O)c2ccc(=O)[nH]n2)C1. The van der Waals surface area contributed by atoms with Crippen LogP contribution in [0.25, 0.3) is 11.1 Å². The lowest BCUT2D eigenvalue weighted by Crippen LogP contribution is -2.54. The number of nitrogens with one attached hydrogen (secondary N) is 2. The molecule has 0 spiro atoms. The summed E-state index contributed by atoms with van der Waals surface area (Å²) in [5.41, 5.74) is 2.07. The summed E-state index contributed by atoms with van der Waals surface area (Å²) < 4.78 is 0. The number of aromatic nitrogens is 3. The summed E-state index contributed by atoms with van der Waals surface area (Å²) in [6.45, 7) is 3.22. The fourth-order valence-electron chi connectivity index (χ4n) is 4.53. The first-order valence-electron chi connectivity index (χ1n) is 11.1. The van der Waals surface area contributed by atoms with Gasteiger partial charge in [-0.25, -0.2) is 5.10 Å². The van der Waals surface area contributed by atoms with E-state index in [0.717, 1.165) is 16.7 Å². The van der Waals surface area contributed by atoms with Crippen molar-refractivity contribution in [1.29, 1.82) is 0 Å². The second-order valence-electron chi connectivity index (χ2n) is 8.35. The average Bonchev–Trinajstić information content (AvgIpc) is 2.85. The summed E-state index contributed by atoms with van der Waals surface area (Å²) in [4.78, 5) is 43.8. The molecule has 1 aliphatic rings. The highest BCUT2D eigenvalue weighted by molar-refractivity contribution is 5.93. The lowest BCUT2D eigenvalue weighted by molar-refractivity contribution is -0.133. The smallest absolute Gasteiger partial charge is 0.274 e. The van der Waals surface area contributed by atoms with Gasteiger partial charge in [-0.3, -0.25) is 19.4 Å². The first-order valence-corrected chi connectivity index (χ1v) is 11.1. The number of amides is 2. The van der Waals surface area contributed by atoms with E-state index in [1.165, 1.54) is 12.1 Å². The van der Waals surface area contributed by atoms with Crippen LogP contribution in [0.2, 0.25) is 0 Å². The van der Waals surface area contributed by atoms with Crippen LogP contribution in [0, 0.1) is 5.41 Å². The van der Waals surface area contributed by atoms with Crippen LogP contribution in [-0.4, -0.2) is 51.5 Å². The number of hydrogen-bond acceptors (Lipinski definition) is 5. The number of pyridine rings is 1. The van der Waals surface area contributed by atoms with E-state index in [1.54, 1.807) is 11.1 Å². The minimum atomic E-state index is -0.773. The van der Waals surface area contributed by atoms with Crippen LogP contribution < -0.4 is 10.9 Å². The van der Waals surface area contributed by atoms with Crippen molar-refractivity contribution in [3.63, 3.8) is 0 Å². The number of benzene rings is 1. The maximum atomic E-state index is 13.4. The molecular formula is C25H27N5O3. The molecule has 0 unspecified atom stereocenters. The molecule has 2 aromatic heterocycles. The van der Waals surface area contributed by atoms with Gasteiger partial charge in [0, 0.05) is 43.7 Å². The van der Waals surface area contributed by atoms with Crippen LogP contribution >= 0.6 is 0 Å². The first-order chi connectivity index (χ1) is 16.0. The number of rotatable bonds is 6. The van der Waals surface area contributed by atoms with E-state index < -0.39 is 5.41 Å². The normalized spacial score (nSPS) is 18.0. The molecule has 1 aliphatic heterocycles. The van der Waals surface area contributed by atoms with Crippen LogP contribution in [0.4, 0.5) is 0 Å². The maximum Gasteiger partial charge on any atom is 0.274 e. The molecule has 3 heterocycles. The lowest BCUT2D eigenvalue weighted by atomic mass is 9.73. The summed E-state index contributed by atoms with van der Waals surface area (Å²) in [6, 6.07) is 14.6. The number of carbonyl (C=O) groups is 2. The fraction of sp³-hybridized carbons (Fsp3) is 0.320. The van der Waals surface area contributed by atoms with Gasteiger partial charge in [0.1, 0.15) is 5.69 Å². The van der Waals surface area contributed by atoms with Crippen molar-refractivity contribution in [2.24, 2.45) is 5.41 Å². The van der Waals surface area contributed by atoms with E-state index in [2.05, 4.69) is 20.5 Å². The zero-order chi connectivity index (χ0) is 23.3. The van der Waals surface area contributed by atoms with Crippen molar-refractivity contribution < 1.29 is 9.59 Å². The van der Waals surface area contributed by atoms with E-state index in [9.17, 15) is 14.4 Å². The highest BCUT2D eigenvalue weighted by atomic mass is 16.2. The Morgan fingerprint density at radius 1 is 1.15 bits per heavy atom. The molecule has 1 atom stereocenters.